The summed E-state index contributed by atoms with van der Waals surface area (Å²) in [7, 11) is 0. The highest BCUT2D eigenvalue weighted by Gasteiger charge is 2.13. The molecule has 1 heterocycles. The second-order valence-electron chi connectivity index (χ2n) is 4.27. The molecule has 1 fully saturated rings. The van der Waals surface area contributed by atoms with Gasteiger partial charge in [0, 0.05) is 10.2 Å². The zero-order valence-corrected chi connectivity index (χ0v) is 10.4. The molecule has 0 bridgehead atoms. The van der Waals surface area contributed by atoms with E-state index in [1.807, 2.05) is 6.07 Å². The maximum absolute atomic E-state index is 5.76. The maximum Gasteiger partial charge on any atom is 0.0458 e. The highest BCUT2D eigenvalue weighted by Crippen LogP contribution is 2.23. The van der Waals surface area contributed by atoms with Crippen LogP contribution in [-0.4, -0.2) is 13.1 Å². The van der Waals surface area contributed by atoms with Gasteiger partial charge < -0.3 is 11.1 Å². The largest absolute Gasteiger partial charge is 0.398 e. The summed E-state index contributed by atoms with van der Waals surface area (Å²) in [5.74, 6) is 0.786. The number of nitrogens with two attached hydrogens (primary N) is 1. The van der Waals surface area contributed by atoms with Crippen LogP contribution in [0.1, 0.15) is 18.4 Å². The lowest BCUT2D eigenvalue weighted by Crippen LogP contribution is -2.30. The summed E-state index contributed by atoms with van der Waals surface area (Å²) in [5.41, 5.74) is 7.96. The third-order valence-electron chi connectivity index (χ3n) is 2.99. The van der Waals surface area contributed by atoms with Crippen molar-refractivity contribution in [2.75, 3.05) is 18.8 Å². The second-order valence-corrected chi connectivity index (χ2v) is 5.13. The van der Waals surface area contributed by atoms with Crippen molar-refractivity contribution in [2.24, 2.45) is 5.92 Å². The van der Waals surface area contributed by atoms with Crippen LogP contribution in [0, 0.1) is 5.92 Å². The Kier molecular flexibility index (Phi) is 3.65. The molecule has 1 aliphatic heterocycles. The molecule has 1 aromatic carbocycles. The third kappa shape index (κ3) is 2.95. The Morgan fingerprint density at radius 1 is 1.47 bits per heavy atom. The van der Waals surface area contributed by atoms with Gasteiger partial charge in [0.2, 0.25) is 0 Å². The van der Waals surface area contributed by atoms with Crippen molar-refractivity contribution >= 4 is 21.6 Å². The van der Waals surface area contributed by atoms with Gasteiger partial charge in [-0.25, -0.2) is 0 Å². The van der Waals surface area contributed by atoms with Gasteiger partial charge in [-0.1, -0.05) is 6.07 Å². The lowest BCUT2D eigenvalue weighted by atomic mass is 9.92. The molecular formula is C12H17BrN2. The lowest BCUT2D eigenvalue weighted by Gasteiger charge is -2.22. The number of hydrogen-bond donors (Lipinski definition) is 2. The van der Waals surface area contributed by atoms with Gasteiger partial charge in [0.1, 0.15) is 0 Å². The highest BCUT2D eigenvalue weighted by atomic mass is 79.9. The second kappa shape index (κ2) is 4.99. The summed E-state index contributed by atoms with van der Waals surface area (Å²) in [5, 5.41) is 3.44. The summed E-state index contributed by atoms with van der Waals surface area (Å²) < 4.78 is 1.02. The summed E-state index contributed by atoms with van der Waals surface area (Å²) in [6, 6.07) is 6.26. The minimum Gasteiger partial charge on any atom is -0.398 e. The molecule has 1 aliphatic rings. The van der Waals surface area contributed by atoms with E-state index in [2.05, 4.69) is 33.4 Å². The molecule has 2 nitrogen and oxygen atoms in total. The van der Waals surface area contributed by atoms with Gasteiger partial charge in [-0.2, -0.15) is 0 Å². The lowest BCUT2D eigenvalue weighted by molar-refractivity contribution is 0.376. The van der Waals surface area contributed by atoms with Gasteiger partial charge in [-0.3, -0.25) is 0 Å². The third-order valence-corrected chi connectivity index (χ3v) is 3.67. The Bertz CT molecular complexity index is 332. The van der Waals surface area contributed by atoms with E-state index in [1.54, 1.807) is 0 Å². The van der Waals surface area contributed by atoms with Crippen molar-refractivity contribution in [1.29, 1.82) is 0 Å². The first-order valence-electron chi connectivity index (χ1n) is 5.50. The van der Waals surface area contributed by atoms with Crippen molar-refractivity contribution in [3.05, 3.63) is 28.2 Å². The van der Waals surface area contributed by atoms with Gasteiger partial charge in [0.05, 0.1) is 0 Å². The van der Waals surface area contributed by atoms with Crippen molar-refractivity contribution in [3.63, 3.8) is 0 Å². The van der Waals surface area contributed by atoms with Crippen LogP contribution in [0.25, 0.3) is 0 Å². The number of hydrogen-bond acceptors (Lipinski definition) is 2. The molecule has 1 unspecified atom stereocenters. The van der Waals surface area contributed by atoms with Crippen molar-refractivity contribution in [1.82, 2.24) is 5.32 Å². The SMILES string of the molecule is Nc1ccc(CC2CCCNC2)cc1Br. The molecule has 1 aromatic rings. The van der Waals surface area contributed by atoms with E-state index in [4.69, 9.17) is 5.73 Å². The monoisotopic (exact) mass is 268 g/mol. The van der Waals surface area contributed by atoms with E-state index >= 15 is 0 Å². The zero-order chi connectivity index (χ0) is 10.7. The first-order valence-corrected chi connectivity index (χ1v) is 6.29. The fraction of sp³-hybridized carbons (Fsp3) is 0.500. The van der Waals surface area contributed by atoms with E-state index in [1.165, 1.54) is 24.9 Å². The molecule has 0 amide bonds. The minimum absolute atomic E-state index is 0.786. The van der Waals surface area contributed by atoms with Gasteiger partial charge in [0.15, 0.2) is 0 Å². The maximum atomic E-state index is 5.76. The molecule has 0 spiro atoms. The predicted octanol–water partition coefficient (Wildman–Crippen LogP) is 2.57. The number of halogens is 1. The van der Waals surface area contributed by atoms with Gasteiger partial charge >= 0.3 is 0 Å². The van der Waals surface area contributed by atoms with Crippen LogP contribution in [0.15, 0.2) is 22.7 Å². The molecule has 0 radical (unpaired) electrons. The van der Waals surface area contributed by atoms with E-state index < -0.39 is 0 Å². The van der Waals surface area contributed by atoms with Crippen LogP contribution in [-0.2, 0) is 6.42 Å². The van der Waals surface area contributed by atoms with Crippen LogP contribution >= 0.6 is 15.9 Å². The Labute approximate surface area is 99.4 Å². The average Bonchev–Trinajstić information content (AvgIpc) is 2.25. The standard InChI is InChI=1S/C12H17BrN2/c13-11-7-9(3-4-12(11)14)6-10-2-1-5-15-8-10/h3-4,7,10,15H,1-2,5-6,8,14H2. The van der Waals surface area contributed by atoms with Gasteiger partial charge in [-0.15, -0.1) is 0 Å². The molecular weight excluding hydrogens is 252 g/mol. The van der Waals surface area contributed by atoms with Crippen molar-refractivity contribution in [2.45, 2.75) is 19.3 Å². The highest BCUT2D eigenvalue weighted by molar-refractivity contribution is 9.10. The molecule has 3 N–H and O–H groups in total. The molecule has 15 heavy (non-hydrogen) atoms. The number of benzene rings is 1. The predicted molar refractivity (Wildman–Crippen MR) is 67.9 cm³/mol. The summed E-state index contributed by atoms with van der Waals surface area (Å²) in [6.07, 6.45) is 3.81. The summed E-state index contributed by atoms with van der Waals surface area (Å²) in [6.45, 7) is 2.34. The first-order chi connectivity index (χ1) is 7.25. The van der Waals surface area contributed by atoms with Crippen LogP contribution in [0.2, 0.25) is 0 Å². The van der Waals surface area contributed by atoms with E-state index in [0.717, 1.165) is 29.0 Å². The molecule has 1 saturated heterocycles. The van der Waals surface area contributed by atoms with Crippen LogP contribution < -0.4 is 11.1 Å². The molecule has 0 saturated carbocycles. The van der Waals surface area contributed by atoms with Crippen LogP contribution in [0.5, 0.6) is 0 Å². The van der Waals surface area contributed by atoms with Gasteiger partial charge in [-0.05, 0) is 71.9 Å². The zero-order valence-electron chi connectivity index (χ0n) is 8.80. The number of nitrogens with one attached hydrogen (secondary N) is 1. The summed E-state index contributed by atoms with van der Waals surface area (Å²) >= 11 is 3.47. The van der Waals surface area contributed by atoms with E-state index in [-0.39, 0.29) is 0 Å². The molecule has 0 aliphatic carbocycles. The summed E-state index contributed by atoms with van der Waals surface area (Å²) in [4.78, 5) is 0. The normalized spacial score (nSPS) is 21.5. The van der Waals surface area contributed by atoms with Crippen LogP contribution in [0.3, 0.4) is 0 Å². The minimum atomic E-state index is 0.786. The molecule has 1 atom stereocenters. The number of nitrogen functional groups attached to an aromatic ring is 1. The quantitative estimate of drug-likeness (QED) is 0.810. The fourth-order valence-corrected chi connectivity index (χ4v) is 2.56. The Morgan fingerprint density at radius 3 is 3.00 bits per heavy atom. The van der Waals surface area contributed by atoms with Crippen LogP contribution in [0.4, 0.5) is 5.69 Å². The number of piperidine rings is 1. The molecule has 0 aromatic heterocycles. The van der Waals surface area contributed by atoms with Crippen molar-refractivity contribution < 1.29 is 0 Å². The molecule has 3 heteroatoms. The topological polar surface area (TPSA) is 38.0 Å². The van der Waals surface area contributed by atoms with E-state index in [9.17, 15) is 0 Å². The Morgan fingerprint density at radius 2 is 2.33 bits per heavy atom. The Balaban J connectivity index is 2.00. The van der Waals surface area contributed by atoms with Crippen molar-refractivity contribution in [3.8, 4) is 0 Å². The smallest absolute Gasteiger partial charge is 0.0458 e. The van der Waals surface area contributed by atoms with E-state index in [0.29, 0.717) is 0 Å². The average molecular weight is 269 g/mol. The number of rotatable bonds is 2. The number of anilines is 1. The first kappa shape index (κ1) is 11.0. The molecule has 82 valence electrons. The molecule has 2 rings (SSSR count). The Hall–Kier alpha value is -0.540. The fourth-order valence-electron chi connectivity index (χ4n) is 2.13. The van der Waals surface area contributed by atoms with Gasteiger partial charge in [0.25, 0.3) is 0 Å².